The summed E-state index contributed by atoms with van der Waals surface area (Å²) in [4.78, 5) is 22.6. The molecule has 18 heavy (non-hydrogen) atoms. The maximum Gasteiger partial charge on any atom is 0.308 e. The van der Waals surface area contributed by atoms with Crippen molar-refractivity contribution in [1.82, 2.24) is 5.32 Å². The maximum absolute atomic E-state index is 11.8. The van der Waals surface area contributed by atoms with Crippen molar-refractivity contribution in [1.29, 1.82) is 0 Å². The number of nitrogen functional groups attached to an aromatic ring is 1. The summed E-state index contributed by atoms with van der Waals surface area (Å²) in [5.74, 6) is -1.78. The van der Waals surface area contributed by atoms with Crippen LogP contribution in [0.2, 0.25) is 0 Å². The topological polar surface area (TPSA) is 92.4 Å². The summed E-state index contributed by atoms with van der Waals surface area (Å²) in [6, 6.07) is 4.82. The number of carboxylic acid groups (broad SMARTS) is 1. The van der Waals surface area contributed by atoms with Gasteiger partial charge in [-0.1, -0.05) is 6.92 Å². The van der Waals surface area contributed by atoms with Gasteiger partial charge in [-0.2, -0.15) is 0 Å². The Morgan fingerprint density at radius 1 is 1.50 bits per heavy atom. The van der Waals surface area contributed by atoms with Gasteiger partial charge in [-0.05, 0) is 40.5 Å². The number of carbonyl (C=O) groups excluding carboxylic acids is 1. The Morgan fingerprint density at radius 3 is 2.67 bits per heavy atom. The van der Waals surface area contributed by atoms with Gasteiger partial charge in [-0.15, -0.1) is 0 Å². The first-order valence-corrected chi connectivity index (χ1v) is 6.31. The number of hydrogen-bond acceptors (Lipinski definition) is 3. The second-order valence-corrected chi connectivity index (χ2v) is 4.74. The van der Waals surface area contributed by atoms with E-state index in [0.29, 0.717) is 22.1 Å². The maximum atomic E-state index is 11.8. The predicted molar refractivity (Wildman–Crippen MR) is 72.3 cm³/mol. The molecule has 98 valence electrons. The Balaban J connectivity index is 2.65. The zero-order valence-corrected chi connectivity index (χ0v) is 11.5. The standard InChI is InChI=1S/C12H15BrN2O3/c1-2-7(12(17)18)6-15-11(16)8-3-4-10(14)9(13)5-8/h3-5,7H,2,6,14H2,1H3,(H,15,16)(H,17,18). The number of aliphatic carboxylic acids is 1. The fourth-order valence-corrected chi connectivity index (χ4v) is 1.77. The first-order chi connectivity index (χ1) is 8.45. The molecule has 6 heteroatoms. The number of amides is 1. The van der Waals surface area contributed by atoms with Gasteiger partial charge in [0.15, 0.2) is 0 Å². The molecule has 0 radical (unpaired) electrons. The number of carbonyl (C=O) groups is 2. The van der Waals surface area contributed by atoms with Gasteiger partial charge in [0.05, 0.1) is 5.92 Å². The monoisotopic (exact) mass is 314 g/mol. The van der Waals surface area contributed by atoms with Gasteiger partial charge < -0.3 is 16.2 Å². The minimum atomic E-state index is -0.906. The lowest BCUT2D eigenvalue weighted by atomic mass is 10.1. The third kappa shape index (κ3) is 3.73. The number of anilines is 1. The van der Waals surface area contributed by atoms with E-state index in [1.54, 1.807) is 25.1 Å². The molecule has 0 spiro atoms. The van der Waals surface area contributed by atoms with Crippen molar-refractivity contribution in [2.24, 2.45) is 5.92 Å². The molecule has 1 aromatic carbocycles. The van der Waals surface area contributed by atoms with E-state index in [0.717, 1.165) is 0 Å². The molecular weight excluding hydrogens is 300 g/mol. The highest BCUT2D eigenvalue weighted by molar-refractivity contribution is 9.10. The van der Waals surface area contributed by atoms with E-state index in [1.807, 2.05) is 0 Å². The van der Waals surface area contributed by atoms with Crippen LogP contribution < -0.4 is 11.1 Å². The van der Waals surface area contributed by atoms with Crippen LogP contribution >= 0.6 is 15.9 Å². The molecule has 1 unspecified atom stereocenters. The summed E-state index contributed by atoms with van der Waals surface area (Å²) < 4.78 is 0.639. The molecule has 0 fully saturated rings. The molecule has 0 aliphatic rings. The van der Waals surface area contributed by atoms with Crippen LogP contribution in [-0.4, -0.2) is 23.5 Å². The molecule has 4 N–H and O–H groups in total. The smallest absolute Gasteiger partial charge is 0.308 e. The normalized spacial score (nSPS) is 11.9. The predicted octanol–water partition coefficient (Wildman–Crippen LogP) is 1.87. The zero-order valence-electron chi connectivity index (χ0n) is 9.94. The Bertz CT molecular complexity index is 463. The molecule has 1 atom stereocenters. The number of rotatable bonds is 5. The van der Waals surface area contributed by atoms with E-state index in [4.69, 9.17) is 10.8 Å². The van der Waals surface area contributed by atoms with Gasteiger partial charge in [-0.3, -0.25) is 9.59 Å². The average Bonchev–Trinajstić information content (AvgIpc) is 2.32. The van der Waals surface area contributed by atoms with E-state index in [9.17, 15) is 9.59 Å². The summed E-state index contributed by atoms with van der Waals surface area (Å²) in [5, 5.41) is 11.5. The van der Waals surface area contributed by atoms with Gasteiger partial charge >= 0.3 is 5.97 Å². The minimum Gasteiger partial charge on any atom is -0.481 e. The summed E-state index contributed by atoms with van der Waals surface area (Å²) in [6.07, 6.45) is 0.473. The Hall–Kier alpha value is -1.56. The second-order valence-electron chi connectivity index (χ2n) is 3.89. The summed E-state index contributed by atoms with van der Waals surface area (Å²) in [5.41, 5.74) is 6.60. The highest BCUT2D eigenvalue weighted by Gasteiger charge is 2.16. The van der Waals surface area contributed by atoms with Gasteiger partial charge in [0.2, 0.25) is 0 Å². The number of carboxylic acids is 1. The Labute approximate surface area is 113 Å². The minimum absolute atomic E-state index is 0.118. The van der Waals surface area contributed by atoms with Crippen LogP contribution in [0.25, 0.3) is 0 Å². The molecule has 1 rings (SSSR count). The molecule has 0 saturated heterocycles. The lowest BCUT2D eigenvalue weighted by Gasteiger charge is -2.11. The fraction of sp³-hybridized carbons (Fsp3) is 0.333. The summed E-state index contributed by atoms with van der Waals surface area (Å²) >= 11 is 3.23. The largest absolute Gasteiger partial charge is 0.481 e. The molecular formula is C12H15BrN2O3. The number of halogens is 1. The molecule has 0 heterocycles. The van der Waals surface area contributed by atoms with Gasteiger partial charge in [0.25, 0.3) is 5.91 Å². The zero-order chi connectivity index (χ0) is 13.7. The van der Waals surface area contributed by atoms with Crippen molar-refractivity contribution < 1.29 is 14.7 Å². The number of nitrogens with two attached hydrogens (primary N) is 1. The van der Waals surface area contributed by atoms with Crippen LogP contribution in [0.15, 0.2) is 22.7 Å². The average molecular weight is 315 g/mol. The van der Waals surface area contributed by atoms with E-state index in [1.165, 1.54) is 0 Å². The van der Waals surface area contributed by atoms with E-state index < -0.39 is 11.9 Å². The molecule has 5 nitrogen and oxygen atoms in total. The van der Waals surface area contributed by atoms with Crippen molar-refractivity contribution in [3.8, 4) is 0 Å². The first kappa shape index (κ1) is 14.5. The lowest BCUT2D eigenvalue weighted by molar-refractivity contribution is -0.141. The lowest BCUT2D eigenvalue weighted by Crippen LogP contribution is -2.32. The SMILES string of the molecule is CCC(CNC(=O)c1ccc(N)c(Br)c1)C(=O)O. The van der Waals surface area contributed by atoms with E-state index in [-0.39, 0.29) is 12.5 Å². The Morgan fingerprint density at radius 2 is 2.17 bits per heavy atom. The number of hydrogen-bond donors (Lipinski definition) is 3. The summed E-state index contributed by atoms with van der Waals surface area (Å²) in [7, 11) is 0. The molecule has 0 aliphatic carbocycles. The van der Waals surface area contributed by atoms with Crippen molar-refractivity contribution in [2.45, 2.75) is 13.3 Å². The van der Waals surface area contributed by atoms with Crippen molar-refractivity contribution in [3.63, 3.8) is 0 Å². The van der Waals surface area contributed by atoms with Crippen molar-refractivity contribution in [2.75, 3.05) is 12.3 Å². The van der Waals surface area contributed by atoms with E-state index >= 15 is 0 Å². The van der Waals surface area contributed by atoms with Gasteiger partial charge in [0, 0.05) is 22.3 Å². The molecule has 1 amide bonds. The highest BCUT2D eigenvalue weighted by Crippen LogP contribution is 2.20. The van der Waals surface area contributed by atoms with Crippen molar-refractivity contribution in [3.05, 3.63) is 28.2 Å². The van der Waals surface area contributed by atoms with Crippen LogP contribution in [0.1, 0.15) is 23.7 Å². The third-order valence-corrected chi connectivity index (χ3v) is 3.30. The van der Waals surface area contributed by atoms with E-state index in [2.05, 4.69) is 21.2 Å². The molecule has 1 aromatic rings. The van der Waals surface area contributed by atoms with Crippen LogP contribution in [0.4, 0.5) is 5.69 Å². The first-order valence-electron chi connectivity index (χ1n) is 5.51. The van der Waals surface area contributed by atoms with Crippen LogP contribution in [0.5, 0.6) is 0 Å². The molecule has 0 saturated carbocycles. The van der Waals surface area contributed by atoms with Gasteiger partial charge in [0.1, 0.15) is 0 Å². The van der Waals surface area contributed by atoms with Crippen LogP contribution in [0.3, 0.4) is 0 Å². The highest BCUT2D eigenvalue weighted by atomic mass is 79.9. The second kappa shape index (κ2) is 6.39. The van der Waals surface area contributed by atoms with Crippen molar-refractivity contribution >= 4 is 33.5 Å². The van der Waals surface area contributed by atoms with Crippen LogP contribution in [0, 0.1) is 5.92 Å². The Kier molecular flexibility index (Phi) is 5.15. The number of benzene rings is 1. The third-order valence-electron chi connectivity index (χ3n) is 2.61. The fourth-order valence-electron chi connectivity index (χ4n) is 1.39. The number of nitrogens with one attached hydrogen (secondary N) is 1. The van der Waals surface area contributed by atoms with Crippen LogP contribution in [-0.2, 0) is 4.79 Å². The molecule has 0 aromatic heterocycles. The summed E-state index contributed by atoms with van der Waals surface area (Å²) in [6.45, 7) is 1.89. The molecule has 0 aliphatic heterocycles. The van der Waals surface area contributed by atoms with Gasteiger partial charge in [-0.25, -0.2) is 0 Å². The molecule has 0 bridgehead atoms. The quantitative estimate of drug-likeness (QED) is 0.723.